The van der Waals surface area contributed by atoms with E-state index in [-0.39, 0.29) is 29.6 Å². The standard InChI is InChI=1S/C24H23IN2O3/c25-17-8-10-18(11-9-17)26-22(28)19(12-14-4-2-1-3-5-14)27-23(29)20-15-6-7-16(13-15)21(20)24(27)30/h1-5,8-11,15-16,19-21H,6-7,12-13H2,(H,26,28)/t15-,16+,19-,20-,21-/m0/s1. The van der Waals surface area contributed by atoms with Crippen molar-refractivity contribution in [3.8, 4) is 0 Å². The fourth-order valence-corrected chi connectivity index (χ4v) is 6.00. The van der Waals surface area contributed by atoms with E-state index < -0.39 is 6.04 Å². The zero-order chi connectivity index (χ0) is 20.8. The van der Waals surface area contributed by atoms with Gasteiger partial charge in [-0.1, -0.05) is 30.3 Å². The van der Waals surface area contributed by atoms with Crippen molar-refractivity contribution in [1.82, 2.24) is 4.90 Å². The van der Waals surface area contributed by atoms with E-state index in [0.717, 1.165) is 28.4 Å². The minimum atomic E-state index is -0.836. The highest BCUT2D eigenvalue weighted by Gasteiger charge is 2.62. The lowest BCUT2D eigenvalue weighted by molar-refractivity contribution is -0.147. The SMILES string of the molecule is O=C(Nc1ccc(I)cc1)[C@H](Cc1ccccc1)N1C(=O)[C@H]2[C@@H]3CC[C@@H](C3)[C@@H]2C1=O. The second-order valence-electron chi connectivity index (χ2n) is 8.63. The Morgan fingerprint density at radius 3 is 2.17 bits per heavy atom. The van der Waals surface area contributed by atoms with Gasteiger partial charge in [0.2, 0.25) is 17.7 Å². The van der Waals surface area contributed by atoms with E-state index in [4.69, 9.17) is 0 Å². The number of anilines is 1. The first-order valence-electron chi connectivity index (χ1n) is 10.5. The molecule has 3 fully saturated rings. The topological polar surface area (TPSA) is 66.5 Å². The van der Waals surface area contributed by atoms with Crippen molar-refractivity contribution in [3.63, 3.8) is 0 Å². The molecule has 6 heteroatoms. The average molecular weight is 514 g/mol. The molecule has 3 amide bonds. The number of hydrogen-bond acceptors (Lipinski definition) is 3. The van der Waals surface area contributed by atoms with Crippen molar-refractivity contribution in [3.05, 3.63) is 63.7 Å². The zero-order valence-corrected chi connectivity index (χ0v) is 18.6. The Labute approximate surface area is 189 Å². The van der Waals surface area contributed by atoms with Crippen LogP contribution in [0.2, 0.25) is 0 Å². The Hall–Kier alpha value is -2.22. The molecule has 5 atom stereocenters. The van der Waals surface area contributed by atoms with E-state index in [1.165, 1.54) is 4.90 Å². The lowest BCUT2D eigenvalue weighted by Crippen LogP contribution is -2.49. The first-order valence-corrected chi connectivity index (χ1v) is 11.6. The second-order valence-corrected chi connectivity index (χ2v) is 9.88. The van der Waals surface area contributed by atoms with E-state index in [9.17, 15) is 14.4 Å². The number of halogens is 1. The first-order chi connectivity index (χ1) is 14.5. The molecule has 1 aliphatic heterocycles. The normalized spacial score (nSPS) is 28.0. The van der Waals surface area contributed by atoms with Crippen LogP contribution in [-0.4, -0.2) is 28.7 Å². The molecule has 1 saturated heterocycles. The van der Waals surface area contributed by atoms with Gasteiger partial charge in [-0.25, -0.2) is 0 Å². The average Bonchev–Trinajstić information content (AvgIpc) is 3.43. The highest BCUT2D eigenvalue weighted by molar-refractivity contribution is 14.1. The number of imide groups is 1. The Bertz CT molecular complexity index is 963. The van der Waals surface area contributed by atoms with E-state index in [1.54, 1.807) is 0 Å². The fourth-order valence-electron chi connectivity index (χ4n) is 5.64. The van der Waals surface area contributed by atoms with Gasteiger partial charge in [-0.05, 0) is 83.5 Å². The molecule has 1 N–H and O–H groups in total. The third-order valence-electron chi connectivity index (χ3n) is 6.96. The number of benzene rings is 2. The van der Waals surface area contributed by atoms with Gasteiger partial charge < -0.3 is 5.32 Å². The zero-order valence-electron chi connectivity index (χ0n) is 16.5. The van der Waals surface area contributed by atoms with Crippen LogP contribution in [0, 0.1) is 27.2 Å². The molecule has 2 bridgehead atoms. The third kappa shape index (κ3) is 3.35. The van der Waals surface area contributed by atoms with Gasteiger partial charge >= 0.3 is 0 Å². The van der Waals surface area contributed by atoms with Crippen LogP contribution >= 0.6 is 22.6 Å². The number of carbonyl (C=O) groups excluding carboxylic acids is 3. The first kappa shape index (κ1) is 19.7. The van der Waals surface area contributed by atoms with Crippen molar-refractivity contribution in [2.24, 2.45) is 23.7 Å². The molecule has 3 aliphatic rings. The molecule has 2 aliphatic carbocycles. The Balaban J connectivity index is 1.45. The predicted molar refractivity (Wildman–Crippen MR) is 121 cm³/mol. The third-order valence-corrected chi connectivity index (χ3v) is 7.68. The highest BCUT2D eigenvalue weighted by Crippen LogP contribution is 2.56. The highest BCUT2D eigenvalue weighted by atomic mass is 127. The van der Waals surface area contributed by atoms with Crippen molar-refractivity contribution in [1.29, 1.82) is 0 Å². The van der Waals surface area contributed by atoms with Crippen molar-refractivity contribution in [2.75, 3.05) is 5.32 Å². The number of fused-ring (bicyclic) bond motifs is 5. The van der Waals surface area contributed by atoms with Gasteiger partial charge in [-0.2, -0.15) is 0 Å². The maximum absolute atomic E-state index is 13.3. The summed E-state index contributed by atoms with van der Waals surface area (Å²) < 4.78 is 1.07. The van der Waals surface area contributed by atoms with Gasteiger partial charge in [0.25, 0.3) is 0 Å². The summed E-state index contributed by atoms with van der Waals surface area (Å²) in [5.41, 5.74) is 1.60. The number of rotatable bonds is 5. The van der Waals surface area contributed by atoms with E-state index in [0.29, 0.717) is 23.9 Å². The fraction of sp³-hybridized carbons (Fsp3) is 0.375. The summed E-state index contributed by atoms with van der Waals surface area (Å²) in [5.74, 6) is -0.432. The molecule has 154 valence electrons. The summed E-state index contributed by atoms with van der Waals surface area (Å²) in [6.45, 7) is 0. The molecule has 2 aromatic rings. The maximum Gasteiger partial charge on any atom is 0.248 e. The number of amides is 3. The van der Waals surface area contributed by atoms with Crippen molar-refractivity contribution in [2.45, 2.75) is 31.7 Å². The van der Waals surface area contributed by atoms with Crippen LogP contribution in [-0.2, 0) is 20.8 Å². The van der Waals surface area contributed by atoms with Gasteiger partial charge in [0, 0.05) is 15.7 Å². The molecule has 5 nitrogen and oxygen atoms in total. The summed E-state index contributed by atoms with van der Waals surface area (Å²) >= 11 is 2.21. The summed E-state index contributed by atoms with van der Waals surface area (Å²) in [6, 6.07) is 16.3. The molecule has 5 rings (SSSR count). The summed E-state index contributed by atoms with van der Waals surface area (Å²) in [6.07, 6.45) is 3.36. The lowest BCUT2D eigenvalue weighted by Gasteiger charge is -2.27. The van der Waals surface area contributed by atoms with Crippen LogP contribution in [0.15, 0.2) is 54.6 Å². The van der Waals surface area contributed by atoms with Crippen LogP contribution in [0.5, 0.6) is 0 Å². The number of nitrogens with one attached hydrogen (secondary N) is 1. The number of hydrogen-bond donors (Lipinski definition) is 1. The minimum Gasteiger partial charge on any atom is -0.324 e. The molecule has 0 spiro atoms. The van der Waals surface area contributed by atoms with Crippen LogP contribution < -0.4 is 5.32 Å². The maximum atomic E-state index is 13.3. The lowest BCUT2D eigenvalue weighted by atomic mass is 9.81. The van der Waals surface area contributed by atoms with Crippen LogP contribution in [0.3, 0.4) is 0 Å². The molecule has 1 heterocycles. The van der Waals surface area contributed by atoms with Gasteiger partial charge in [0.1, 0.15) is 6.04 Å². The summed E-state index contributed by atoms with van der Waals surface area (Å²) in [7, 11) is 0. The molecule has 30 heavy (non-hydrogen) atoms. The van der Waals surface area contributed by atoms with E-state index in [1.807, 2.05) is 54.6 Å². The number of likely N-dealkylation sites (tertiary alicyclic amines) is 1. The quantitative estimate of drug-likeness (QED) is 0.487. The van der Waals surface area contributed by atoms with Crippen LogP contribution in [0.25, 0.3) is 0 Å². The molecular weight excluding hydrogens is 491 g/mol. The molecule has 0 aromatic heterocycles. The van der Waals surface area contributed by atoms with Crippen molar-refractivity contribution >= 4 is 46.0 Å². The van der Waals surface area contributed by atoms with E-state index in [2.05, 4.69) is 27.9 Å². The summed E-state index contributed by atoms with van der Waals surface area (Å²) in [4.78, 5) is 41.3. The van der Waals surface area contributed by atoms with Crippen LogP contribution in [0.1, 0.15) is 24.8 Å². The Morgan fingerprint density at radius 1 is 0.967 bits per heavy atom. The van der Waals surface area contributed by atoms with Gasteiger partial charge in [0.05, 0.1) is 11.8 Å². The molecular formula is C24H23IN2O3. The van der Waals surface area contributed by atoms with Gasteiger partial charge in [0.15, 0.2) is 0 Å². The minimum absolute atomic E-state index is 0.143. The number of carbonyl (C=O) groups is 3. The monoisotopic (exact) mass is 514 g/mol. The van der Waals surface area contributed by atoms with E-state index >= 15 is 0 Å². The molecule has 0 radical (unpaired) electrons. The van der Waals surface area contributed by atoms with Crippen molar-refractivity contribution < 1.29 is 14.4 Å². The van der Waals surface area contributed by atoms with Gasteiger partial charge in [-0.3, -0.25) is 19.3 Å². The predicted octanol–water partition coefficient (Wildman–Crippen LogP) is 3.87. The Kier molecular flexibility index (Phi) is 5.13. The molecule has 2 aromatic carbocycles. The molecule has 0 unspecified atom stereocenters. The molecule has 2 saturated carbocycles. The van der Waals surface area contributed by atoms with Gasteiger partial charge in [-0.15, -0.1) is 0 Å². The summed E-state index contributed by atoms with van der Waals surface area (Å²) in [5, 5.41) is 2.92. The van der Waals surface area contributed by atoms with Crippen LogP contribution in [0.4, 0.5) is 5.69 Å². The number of nitrogens with zero attached hydrogens (tertiary/aromatic N) is 1. The second kappa shape index (κ2) is 7.80. The Morgan fingerprint density at radius 2 is 1.57 bits per heavy atom. The smallest absolute Gasteiger partial charge is 0.248 e. The largest absolute Gasteiger partial charge is 0.324 e.